The van der Waals surface area contributed by atoms with Crippen LogP contribution < -0.4 is 4.57 Å². The number of aromatic nitrogens is 1. The SMILES string of the molecule is Cc1ccc(-c2cc(-c3ccccc3)cc(-c3ccc(C)cc3)[n+]2C)cc1. The van der Waals surface area contributed by atoms with Crippen LogP contribution in [0.25, 0.3) is 33.6 Å². The Morgan fingerprint density at radius 2 is 0.926 bits per heavy atom. The largest absolute Gasteiger partial charge is 0.213 e. The van der Waals surface area contributed by atoms with Gasteiger partial charge in [0.2, 0.25) is 11.4 Å². The maximum absolute atomic E-state index is 2.29. The maximum atomic E-state index is 2.29. The highest BCUT2D eigenvalue weighted by atomic mass is 14.9. The van der Waals surface area contributed by atoms with E-state index in [1.807, 2.05) is 0 Å². The van der Waals surface area contributed by atoms with E-state index in [4.69, 9.17) is 0 Å². The van der Waals surface area contributed by atoms with Crippen LogP contribution in [-0.2, 0) is 7.05 Å². The lowest BCUT2D eigenvalue weighted by Crippen LogP contribution is -2.34. The minimum Gasteiger partial charge on any atom is -0.194 e. The fraction of sp³-hybridized carbons (Fsp3) is 0.115. The molecular formula is C26H24N+. The van der Waals surface area contributed by atoms with Crippen molar-refractivity contribution in [3.63, 3.8) is 0 Å². The minimum atomic E-state index is 1.21. The maximum Gasteiger partial charge on any atom is 0.213 e. The zero-order chi connectivity index (χ0) is 18.8. The summed E-state index contributed by atoms with van der Waals surface area (Å²) in [4.78, 5) is 0. The van der Waals surface area contributed by atoms with E-state index in [1.165, 1.54) is 44.8 Å². The lowest BCUT2D eigenvalue weighted by Gasteiger charge is -2.10. The van der Waals surface area contributed by atoms with Gasteiger partial charge in [0, 0.05) is 23.3 Å². The number of benzene rings is 3. The Labute approximate surface area is 161 Å². The number of nitrogens with zero attached hydrogens (tertiary/aromatic N) is 1. The Bertz CT molecular complexity index is 993. The zero-order valence-corrected chi connectivity index (χ0v) is 16.1. The van der Waals surface area contributed by atoms with Crippen LogP contribution in [0.1, 0.15) is 11.1 Å². The second kappa shape index (κ2) is 7.20. The molecule has 0 radical (unpaired) electrons. The Balaban J connectivity index is 1.96. The third kappa shape index (κ3) is 3.54. The quantitative estimate of drug-likeness (QED) is 0.391. The van der Waals surface area contributed by atoms with Crippen LogP contribution in [0.15, 0.2) is 91.0 Å². The number of aryl methyl sites for hydroxylation is 2. The van der Waals surface area contributed by atoms with Crippen LogP contribution in [0, 0.1) is 13.8 Å². The Kier molecular flexibility index (Phi) is 4.60. The van der Waals surface area contributed by atoms with E-state index in [-0.39, 0.29) is 0 Å². The molecule has 0 saturated carbocycles. The van der Waals surface area contributed by atoms with Crippen molar-refractivity contribution >= 4 is 0 Å². The molecule has 4 rings (SSSR count). The van der Waals surface area contributed by atoms with Crippen molar-refractivity contribution in [3.8, 4) is 33.6 Å². The van der Waals surface area contributed by atoms with Gasteiger partial charge in [-0.25, -0.2) is 0 Å². The summed E-state index contributed by atoms with van der Waals surface area (Å²) in [6, 6.07) is 32.7. The zero-order valence-electron chi connectivity index (χ0n) is 16.1. The molecule has 27 heavy (non-hydrogen) atoms. The molecular weight excluding hydrogens is 326 g/mol. The fourth-order valence-corrected chi connectivity index (χ4v) is 3.46. The Hall–Kier alpha value is -3.19. The minimum absolute atomic E-state index is 1.21. The molecule has 0 aliphatic heterocycles. The number of rotatable bonds is 3. The van der Waals surface area contributed by atoms with E-state index in [0.717, 1.165) is 0 Å². The van der Waals surface area contributed by atoms with Crippen LogP contribution in [0.4, 0.5) is 0 Å². The third-order valence-corrected chi connectivity index (χ3v) is 5.11. The van der Waals surface area contributed by atoms with Gasteiger partial charge in [0.15, 0.2) is 0 Å². The first-order valence-corrected chi connectivity index (χ1v) is 9.35. The van der Waals surface area contributed by atoms with Crippen LogP contribution in [0.3, 0.4) is 0 Å². The summed E-state index contributed by atoms with van der Waals surface area (Å²) in [7, 11) is 2.15. The van der Waals surface area contributed by atoms with Gasteiger partial charge in [0.25, 0.3) is 0 Å². The topological polar surface area (TPSA) is 3.88 Å². The molecule has 3 aromatic carbocycles. The van der Waals surface area contributed by atoms with Crippen molar-refractivity contribution in [1.82, 2.24) is 0 Å². The number of hydrogen-bond donors (Lipinski definition) is 0. The van der Waals surface area contributed by atoms with Crippen molar-refractivity contribution < 1.29 is 4.57 Å². The monoisotopic (exact) mass is 350 g/mol. The molecule has 1 aromatic heterocycles. The van der Waals surface area contributed by atoms with Crippen LogP contribution in [0.2, 0.25) is 0 Å². The fourth-order valence-electron chi connectivity index (χ4n) is 3.46. The van der Waals surface area contributed by atoms with Gasteiger partial charge in [-0.1, -0.05) is 65.7 Å². The van der Waals surface area contributed by atoms with Crippen molar-refractivity contribution in [2.75, 3.05) is 0 Å². The summed E-state index contributed by atoms with van der Waals surface area (Å²) in [6.07, 6.45) is 0. The summed E-state index contributed by atoms with van der Waals surface area (Å²) in [6.45, 7) is 4.25. The average molecular weight is 350 g/mol. The predicted octanol–water partition coefficient (Wildman–Crippen LogP) is 6.13. The summed E-state index contributed by atoms with van der Waals surface area (Å²) >= 11 is 0. The Morgan fingerprint density at radius 1 is 0.481 bits per heavy atom. The van der Waals surface area contributed by atoms with E-state index in [0.29, 0.717) is 0 Å². The summed E-state index contributed by atoms with van der Waals surface area (Å²) in [5.74, 6) is 0. The number of hydrogen-bond acceptors (Lipinski definition) is 0. The molecule has 0 atom stereocenters. The van der Waals surface area contributed by atoms with Gasteiger partial charge >= 0.3 is 0 Å². The van der Waals surface area contributed by atoms with Gasteiger partial charge in [0.1, 0.15) is 7.05 Å². The molecule has 0 fully saturated rings. The number of pyridine rings is 1. The van der Waals surface area contributed by atoms with Crippen LogP contribution in [-0.4, -0.2) is 0 Å². The molecule has 0 amide bonds. The molecule has 0 saturated heterocycles. The molecule has 1 nitrogen and oxygen atoms in total. The first-order chi connectivity index (χ1) is 13.1. The van der Waals surface area contributed by atoms with Gasteiger partial charge in [-0.2, -0.15) is 4.57 Å². The van der Waals surface area contributed by atoms with Crippen molar-refractivity contribution in [3.05, 3.63) is 102 Å². The van der Waals surface area contributed by atoms with Gasteiger partial charge in [-0.15, -0.1) is 0 Å². The van der Waals surface area contributed by atoms with Crippen LogP contribution >= 0.6 is 0 Å². The molecule has 1 heterocycles. The van der Waals surface area contributed by atoms with Crippen LogP contribution in [0.5, 0.6) is 0 Å². The van der Waals surface area contributed by atoms with Gasteiger partial charge in [-0.05, 0) is 49.2 Å². The molecule has 0 spiro atoms. The second-order valence-electron chi connectivity index (χ2n) is 7.17. The van der Waals surface area contributed by atoms with Gasteiger partial charge < -0.3 is 0 Å². The molecule has 1 heteroatoms. The standard InChI is InChI=1S/C26H24N/c1-19-9-13-22(14-10-19)25-17-24(21-7-5-4-6-8-21)18-26(27(25)3)23-15-11-20(2)12-16-23/h4-18H,1-3H3/q+1. The lowest BCUT2D eigenvalue weighted by atomic mass is 9.98. The average Bonchev–Trinajstić information content (AvgIpc) is 2.70. The first kappa shape index (κ1) is 17.2. The van der Waals surface area contributed by atoms with Crippen molar-refractivity contribution in [1.29, 1.82) is 0 Å². The Morgan fingerprint density at radius 3 is 1.37 bits per heavy atom. The second-order valence-corrected chi connectivity index (χ2v) is 7.17. The van der Waals surface area contributed by atoms with E-state index in [2.05, 4.69) is 116 Å². The van der Waals surface area contributed by atoms with Gasteiger partial charge in [0.05, 0.1) is 0 Å². The molecule has 4 aromatic rings. The molecule has 0 bridgehead atoms. The molecule has 0 unspecified atom stereocenters. The molecule has 0 aliphatic rings. The first-order valence-electron chi connectivity index (χ1n) is 9.35. The summed E-state index contributed by atoms with van der Waals surface area (Å²) in [5, 5.41) is 0. The highest BCUT2D eigenvalue weighted by Crippen LogP contribution is 2.29. The van der Waals surface area contributed by atoms with E-state index >= 15 is 0 Å². The highest BCUT2D eigenvalue weighted by Gasteiger charge is 2.19. The van der Waals surface area contributed by atoms with E-state index in [1.54, 1.807) is 0 Å². The van der Waals surface area contributed by atoms with E-state index in [9.17, 15) is 0 Å². The van der Waals surface area contributed by atoms with E-state index < -0.39 is 0 Å². The molecule has 132 valence electrons. The third-order valence-electron chi connectivity index (χ3n) is 5.11. The smallest absolute Gasteiger partial charge is 0.194 e. The molecule has 0 N–H and O–H groups in total. The van der Waals surface area contributed by atoms with Crippen molar-refractivity contribution in [2.45, 2.75) is 13.8 Å². The van der Waals surface area contributed by atoms with Crippen molar-refractivity contribution in [2.24, 2.45) is 7.05 Å². The lowest BCUT2D eigenvalue weighted by molar-refractivity contribution is -0.649. The summed E-state index contributed by atoms with van der Waals surface area (Å²) in [5.41, 5.74) is 9.92. The highest BCUT2D eigenvalue weighted by molar-refractivity contribution is 5.73. The normalized spacial score (nSPS) is 10.8. The van der Waals surface area contributed by atoms with Gasteiger partial charge in [-0.3, -0.25) is 0 Å². The predicted molar refractivity (Wildman–Crippen MR) is 113 cm³/mol. The molecule has 0 aliphatic carbocycles. The summed E-state index contributed by atoms with van der Waals surface area (Å²) < 4.78 is 2.29.